The van der Waals surface area contributed by atoms with E-state index >= 15 is 0 Å². The van der Waals surface area contributed by atoms with Crippen LogP contribution in [0.4, 0.5) is 0 Å². The monoisotopic (exact) mass is 528 g/mol. The Morgan fingerprint density at radius 2 is 1.14 bits per heavy atom. The van der Waals surface area contributed by atoms with E-state index in [1.54, 1.807) is 0 Å². The average Bonchev–Trinajstić information content (AvgIpc) is 2.87. The van der Waals surface area contributed by atoms with Gasteiger partial charge in [0.15, 0.2) is 18.9 Å². The second-order valence-corrected chi connectivity index (χ2v) is 8.92. The van der Waals surface area contributed by atoms with Gasteiger partial charge in [0.1, 0.15) is 67.1 Å². The van der Waals surface area contributed by atoms with Crippen LogP contribution in [0.3, 0.4) is 0 Å². The molecule has 0 aromatic heterocycles. The fourth-order valence-electron chi connectivity index (χ4n) is 4.25. The fourth-order valence-corrected chi connectivity index (χ4v) is 4.25. The molecule has 0 bridgehead atoms. The number of hydrogen-bond acceptors (Lipinski definition) is 15. The summed E-state index contributed by atoms with van der Waals surface area (Å²) in [6, 6.07) is 0. The Hall–Kier alpha value is -0.860. The molecule has 0 aliphatic carbocycles. The maximum atomic E-state index is 10.9. The highest BCUT2D eigenvalue weighted by molar-refractivity contribution is 4.96. The molecule has 0 spiro atoms. The largest absolute Gasteiger partial charge is 0.394 e. The van der Waals surface area contributed by atoms with Crippen LogP contribution in [0.2, 0.25) is 0 Å². The van der Waals surface area contributed by atoms with Crippen molar-refractivity contribution in [1.82, 2.24) is 0 Å². The highest BCUT2D eigenvalue weighted by atomic mass is 16.8. The van der Waals surface area contributed by atoms with Crippen molar-refractivity contribution in [3.05, 3.63) is 12.7 Å². The first kappa shape index (κ1) is 29.7. The molecule has 0 aromatic carbocycles. The summed E-state index contributed by atoms with van der Waals surface area (Å²) in [5.74, 6) is 0. The zero-order chi connectivity index (χ0) is 26.7. The first-order valence-corrected chi connectivity index (χ1v) is 11.5. The van der Waals surface area contributed by atoms with Gasteiger partial charge in [-0.15, -0.1) is 6.58 Å². The molecule has 3 aliphatic heterocycles. The van der Waals surface area contributed by atoms with Crippen LogP contribution in [0.5, 0.6) is 0 Å². The molecule has 3 heterocycles. The molecule has 9 N–H and O–H groups in total. The number of ether oxygens (including phenoxy) is 6. The van der Waals surface area contributed by atoms with Gasteiger partial charge in [0, 0.05) is 0 Å². The van der Waals surface area contributed by atoms with Crippen molar-refractivity contribution in [2.45, 2.75) is 99.0 Å². The van der Waals surface area contributed by atoms with Crippen LogP contribution in [0.25, 0.3) is 0 Å². The lowest BCUT2D eigenvalue weighted by molar-refractivity contribution is -0.389. The summed E-state index contributed by atoms with van der Waals surface area (Å²) in [6.45, 7) is 3.45. The van der Waals surface area contributed by atoms with E-state index in [4.69, 9.17) is 28.4 Å². The molecule has 15 heteroatoms. The average molecular weight is 529 g/mol. The maximum Gasteiger partial charge on any atom is 0.187 e. The van der Waals surface area contributed by atoms with Gasteiger partial charge in [-0.25, -0.2) is 0 Å². The minimum atomic E-state index is -1.83. The third-order valence-corrected chi connectivity index (χ3v) is 6.42. The number of hydrogen-bond donors (Lipinski definition) is 9. The van der Waals surface area contributed by atoms with Crippen molar-refractivity contribution in [2.75, 3.05) is 19.8 Å². The van der Waals surface area contributed by atoms with E-state index in [1.807, 2.05) is 0 Å². The lowest BCUT2D eigenvalue weighted by Gasteiger charge is -2.48. The van der Waals surface area contributed by atoms with E-state index in [9.17, 15) is 46.0 Å². The lowest BCUT2D eigenvalue weighted by atomic mass is 9.96. The first-order chi connectivity index (χ1) is 17.0. The second kappa shape index (κ2) is 12.8. The molecule has 15 unspecified atom stereocenters. The smallest absolute Gasteiger partial charge is 0.187 e. The van der Waals surface area contributed by atoms with Gasteiger partial charge in [-0.3, -0.25) is 0 Å². The minimum Gasteiger partial charge on any atom is -0.394 e. The summed E-state index contributed by atoms with van der Waals surface area (Å²) in [7, 11) is 0. The molecular formula is C21H36O15. The van der Waals surface area contributed by atoms with Gasteiger partial charge in [-0.2, -0.15) is 0 Å². The Morgan fingerprint density at radius 3 is 1.72 bits per heavy atom. The number of aliphatic hydroxyl groups excluding tert-OH is 9. The van der Waals surface area contributed by atoms with Gasteiger partial charge in [0.05, 0.1) is 25.9 Å². The number of rotatable bonds is 9. The first-order valence-electron chi connectivity index (χ1n) is 11.5. The molecule has 0 amide bonds. The quantitative estimate of drug-likeness (QED) is 0.127. The third kappa shape index (κ3) is 6.06. The van der Waals surface area contributed by atoms with Crippen LogP contribution < -0.4 is 0 Å². The van der Waals surface area contributed by atoms with Gasteiger partial charge in [-0.05, 0) is 6.92 Å². The topological polar surface area (TPSA) is 237 Å². The molecule has 0 saturated carbocycles. The fraction of sp³-hybridized carbons (Fsp3) is 0.905. The normalized spacial score (nSPS) is 50.1. The Labute approximate surface area is 206 Å². The van der Waals surface area contributed by atoms with E-state index in [1.165, 1.54) is 13.0 Å². The molecule has 0 radical (unpaired) electrons. The summed E-state index contributed by atoms with van der Waals surface area (Å²) in [5, 5.41) is 91.1. The molecule has 3 rings (SSSR count). The van der Waals surface area contributed by atoms with Crippen molar-refractivity contribution in [3.63, 3.8) is 0 Å². The molecule has 210 valence electrons. The minimum absolute atomic E-state index is 0.0860. The van der Waals surface area contributed by atoms with Gasteiger partial charge < -0.3 is 74.4 Å². The molecule has 3 saturated heterocycles. The molecule has 15 nitrogen and oxygen atoms in total. The van der Waals surface area contributed by atoms with Crippen molar-refractivity contribution < 1.29 is 74.4 Å². The Bertz CT molecular complexity index is 696. The summed E-state index contributed by atoms with van der Waals surface area (Å²) >= 11 is 0. The lowest BCUT2D eigenvalue weighted by Crippen LogP contribution is -2.67. The van der Waals surface area contributed by atoms with E-state index in [0.717, 1.165) is 0 Å². The van der Waals surface area contributed by atoms with Crippen molar-refractivity contribution in [3.8, 4) is 0 Å². The SMILES string of the molecule is C=CCOC1OC(CO)C(O)C(OC2OC(CO)C(O)C(O)C2O)C1OC1OC(C)C(O)C(O)C1O. The van der Waals surface area contributed by atoms with Gasteiger partial charge in [-0.1, -0.05) is 6.08 Å². The van der Waals surface area contributed by atoms with Crippen LogP contribution in [0, 0.1) is 0 Å². The molecule has 0 aromatic rings. The third-order valence-electron chi connectivity index (χ3n) is 6.42. The maximum absolute atomic E-state index is 10.9. The van der Waals surface area contributed by atoms with Crippen LogP contribution in [0.1, 0.15) is 6.92 Å². The predicted molar refractivity (Wildman–Crippen MR) is 114 cm³/mol. The molecule has 3 aliphatic rings. The summed E-state index contributed by atoms with van der Waals surface area (Å²) < 4.78 is 33.5. The van der Waals surface area contributed by atoms with Gasteiger partial charge in [0.2, 0.25) is 0 Å². The Balaban J connectivity index is 1.90. The van der Waals surface area contributed by atoms with E-state index in [0.29, 0.717) is 0 Å². The van der Waals surface area contributed by atoms with Crippen molar-refractivity contribution in [2.24, 2.45) is 0 Å². The predicted octanol–water partition coefficient (Wildman–Crippen LogP) is -5.34. The molecule has 15 atom stereocenters. The Morgan fingerprint density at radius 1 is 0.639 bits per heavy atom. The van der Waals surface area contributed by atoms with E-state index < -0.39 is 105 Å². The summed E-state index contributed by atoms with van der Waals surface area (Å²) in [4.78, 5) is 0. The van der Waals surface area contributed by atoms with Crippen LogP contribution in [0.15, 0.2) is 12.7 Å². The van der Waals surface area contributed by atoms with Gasteiger partial charge in [0.25, 0.3) is 0 Å². The van der Waals surface area contributed by atoms with Crippen LogP contribution >= 0.6 is 0 Å². The summed E-state index contributed by atoms with van der Waals surface area (Å²) in [5.41, 5.74) is 0. The Kier molecular flexibility index (Phi) is 10.6. The second-order valence-electron chi connectivity index (χ2n) is 8.92. The van der Waals surface area contributed by atoms with Crippen LogP contribution in [-0.4, -0.2) is 158 Å². The highest BCUT2D eigenvalue weighted by Crippen LogP contribution is 2.33. The van der Waals surface area contributed by atoms with Gasteiger partial charge >= 0.3 is 0 Å². The van der Waals surface area contributed by atoms with E-state index in [2.05, 4.69) is 6.58 Å². The highest BCUT2D eigenvalue weighted by Gasteiger charge is 2.54. The summed E-state index contributed by atoms with van der Waals surface area (Å²) in [6.07, 6.45) is -21.6. The molecular weight excluding hydrogens is 492 g/mol. The zero-order valence-electron chi connectivity index (χ0n) is 19.5. The van der Waals surface area contributed by atoms with Crippen LogP contribution in [-0.2, 0) is 28.4 Å². The molecule has 36 heavy (non-hydrogen) atoms. The van der Waals surface area contributed by atoms with E-state index in [-0.39, 0.29) is 6.61 Å². The molecule has 3 fully saturated rings. The standard InChI is InChI=1S/C21H36O15/c1-3-4-31-21-18(36-19-15(29)13(27)10(24)7(2)32-19)17(12(26)9(6-23)34-21)35-20-16(30)14(28)11(25)8(5-22)33-20/h3,7-30H,1,4-6H2,2H3. The van der Waals surface area contributed by atoms with Crippen molar-refractivity contribution in [1.29, 1.82) is 0 Å². The zero-order valence-corrected chi connectivity index (χ0v) is 19.5. The van der Waals surface area contributed by atoms with Crippen molar-refractivity contribution >= 4 is 0 Å². The number of aliphatic hydroxyl groups is 9.